The summed E-state index contributed by atoms with van der Waals surface area (Å²) in [5.74, 6) is 0.340. The second-order valence-corrected chi connectivity index (χ2v) is 7.02. The average molecular weight is 347 g/mol. The number of nitrogens with two attached hydrogens (primary N) is 1. The first-order valence-electron chi connectivity index (χ1n) is 8.72. The molecule has 4 rings (SSSR count). The first-order chi connectivity index (χ1) is 12.2. The maximum absolute atomic E-state index is 6.01. The minimum absolute atomic E-state index is 0.105. The van der Waals surface area contributed by atoms with Crippen LogP contribution in [-0.4, -0.2) is 15.8 Å². The summed E-state index contributed by atoms with van der Waals surface area (Å²) < 4.78 is 0. The lowest BCUT2D eigenvalue weighted by atomic mass is 9.77. The number of thiocarbonyl (C=S) groups is 1. The molecule has 0 amide bonds. The second kappa shape index (κ2) is 6.81. The van der Waals surface area contributed by atoms with Gasteiger partial charge in [0.15, 0.2) is 5.11 Å². The fraction of sp³-hybridized carbons (Fsp3) is 0.238. The monoisotopic (exact) mass is 347 g/mol. The molecule has 2 aliphatic rings. The van der Waals surface area contributed by atoms with Gasteiger partial charge in [-0.05, 0) is 54.3 Å². The van der Waals surface area contributed by atoms with Crippen molar-refractivity contribution in [2.75, 3.05) is 0 Å². The molecule has 1 fully saturated rings. The van der Waals surface area contributed by atoms with Crippen LogP contribution in [0.1, 0.15) is 36.4 Å². The largest absolute Gasteiger partial charge is 0.375 e. The van der Waals surface area contributed by atoms with Crippen LogP contribution in [0.2, 0.25) is 0 Å². The second-order valence-electron chi connectivity index (χ2n) is 6.60. The molecule has 2 N–H and O–H groups in total. The SMILES string of the molecule is NC(=S)N1N=C2/C(=C/c3ccccc3)CCC[C@H]2[C@@H]1c1ccccc1. The molecule has 3 nitrogen and oxygen atoms in total. The smallest absolute Gasteiger partial charge is 0.187 e. The number of allylic oxidation sites excluding steroid dienone is 1. The highest BCUT2D eigenvalue weighted by Gasteiger charge is 2.42. The molecule has 2 aromatic carbocycles. The summed E-state index contributed by atoms with van der Waals surface area (Å²) in [6, 6.07) is 21.0. The highest BCUT2D eigenvalue weighted by Crippen LogP contribution is 2.44. The third kappa shape index (κ3) is 3.10. The van der Waals surface area contributed by atoms with Crippen molar-refractivity contribution in [3.63, 3.8) is 0 Å². The van der Waals surface area contributed by atoms with Gasteiger partial charge in [0, 0.05) is 5.92 Å². The summed E-state index contributed by atoms with van der Waals surface area (Å²) in [5.41, 5.74) is 10.9. The van der Waals surface area contributed by atoms with E-state index in [0.29, 0.717) is 11.0 Å². The molecule has 1 aliphatic carbocycles. The van der Waals surface area contributed by atoms with Crippen molar-refractivity contribution < 1.29 is 0 Å². The molecule has 1 saturated carbocycles. The van der Waals surface area contributed by atoms with Crippen LogP contribution in [-0.2, 0) is 0 Å². The molecule has 126 valence electrons. The molecule has 0 bridgehead atoms. The Morgan fingerprint density at radius 1 is 1.08 bits per heavy atom. The Kier molecular flexibility index (Phi) is 4.36. The van der Waals surface area contributed by atoms with E-state index < -0.39 is 0 Å². The molecular formula is C21H21N3S. The number of benzene rings is 2. The molecule has 4 heteroatoms. The third-order valence-electron chi connectivity index (χ3n) is 5.01. The minimum atomic E-state index is 0.105. The van der Waals surface area contributed by atoms with Gasteiger partial charge in [0.25, 0.3) is 0 Å². The number of hydrazone groups is 1. The Hall–Kier alpha value is -2.46. The van der Waals surface area contributed by atoms with Gasteiger partial charge < -0.3 is 5.73 Å². The Bertz CT molecular complexity index is 827. The van der Waals surface area contributed by atoms with Gasteiger partial charge in [0.1, 0.15) is 0 Å². The lowest BCUT2D eigenvalue weighted by Crippen LogP contribution is -2.34. The van der Waals surface area contributed by atoms with Crippen LogP contribution in [0.4, 0.5) is 0 Å². The van der Waals surface area contributed by atoms with E-state index in [1.807, 2.05) is 17.1 Å². The van der Waals surface area contributed by atoms with Gasteiger partial charge in [0.05, 0.1) is 11.8 Å². The van der Waals surface area contributed by atoms with Gasteiger partial charge >= 0.3 is 0 Å². The summed E-state index contributed by atoms with van der Waals surface area (Å²) >= 11 is 5.30. The van der Waals surface area contributed by atoms with Crippen LogP contribution in [0.5, 0.6) is 0 Å². The quantitative estimate of drug-likeness (QED) is 0.812. The zero-order valence-corrected chi connectivity index (χ0v) is 14.8. The van der Waals surface area contributed by atoms with Gasteiger partial charge in [-0.25, -0.2) is 5.01 Å². The predicted molar refractivity (Wildman–Crippen MR) is 107 cm³/mol. The number of hydrogen-bond acceptors (Lipinski definition) is 2. The van der Waals surface area contributed by atoms with E-state index in [2.05, 4.69) is 54.6 Å². The van der Waals surface area contributed by atoms with Crippen molar-refractivity contribution in [3.8, 4) is 0 Å². The first kappa shape index (κ1) is 16.0. The number of hydrogen-bond donors (Lipinski definition) is 1. The highest BCUT2D eigenvalue weighted by molar-refractivity contribution is 7.80. The molecule has 0 radical (unpaired) electrons. The molecular weight excluding hydrogens is 326 g/mol. The lowest BCUT2D eigenvalue weighted by Gasteiger charge is -2.29. The Balaban J connectivity index is 1.74. The van der Waals surface area contributed by atoms with Crippen LogP contribution in [0.3, 0.4) is 0 Å². The molecule has 1 heterocycles. The fourth-order valence-corrected chi connectivity index (χ4v) is 4.07. The van der Waals surface area contributed by atoms with Gasteiger partial charge in [-0.15, -0.1) is 0 Å². The Labute approximate surface area is 153 Å². The summed E-state index contributed by atoms with van der Waals surface area (Å²) in [4.78, 5) is 0. The first-order valence-corrected chi connectivity index (χ1v) is 9.13. The van der Waals surface area contributed by atoms with Crippen molar-refractivity contribution in [2.24, 2.45) is 16.8 Å². The highest BCUT2D eigenvalue weighted by atomic mass is 32.1. The molecule has 2 atom stereocenters. The van der Waals surface area contributed by atoms with E-state index in [-0.39, 0.29) is 6.04 Å². The molecule has 25 heavy (non-hydrogen) atoms. The van der Waals surface area contributed by atoms with Crippen LogP contribution in [0, 0.1) is 5.92 Å². The molecule has 1 aliphatic heterocycles. The number of nitrogens with zero attached hydrogens (tertiary/aromatic N) is 2. The van der Waals surface area contributed by atoms with Gasteiger partial charge in [-0.2, -0.15) is 5.10 Å². The zero-order chi connectivity index (χ0) is 17.2. The van der Waals surface area contributed by atoms with Crippen LogP contribution < -0.4 is 5.73 Å². The van der Waals surface area contributed by atoms with Crippen LogP contribution in [0.25, 0.3) is 6.08 Å². The topological polar surface area (TPSA) is 41.6 Å². The Morgan fingerprint density at radius 3 is 2.44 bits per heavy atom. The summed E-state index contributed by atoms with van der Waals surface area (Å²) in [6.45, 7) is 0. The van der Waals surface area contributed by atoms with Crippen LogP contribution >= 0.6 is 12.2 Å². The minimum Gasteiger partial charge on any atom is -0.375 e. The van der Waals surface area contributed by atoms with Crippen molar-refractivity contribution >= 4 is 29.1 Å². The summed E-state index contributed by atoms with van der Waals surface area (Å²) in [5, 5.41) is 7.04. The van der Waals surface area contributed by atoms with Gasteiger partial charge in [0.2, 0.25) is 0 Å². The van der Waals surface area contributed by atoms with E-state index in [9.17, 15) is 0 Å². The van der Waals surface area contributed by atoms with E-state index in [1.54, 1.807) is 0 Å². The summed E-state index contributed by atoms with van der Waals surface area (Å²) in [7, 11) is 0. The molecule has 0 saturated heterocycles. The van der Waals surface area contributed by atoms with Crippen molar-refractivity contribution in [1.29, 1.82) is 0 Å². The Morgan fingerprint density at radius 2 is 1.76 bits per heavy atom. The van der Waals surface area contributed by atoms with Crippen LogP contribution in [0.15, 0.2) is 71.3 Å². The van der Waals surface area contributed by atoms with Gasteiger partial charge in [-0.3, -0.25) is 0 Å². The van der Waals surface area contributed by atoms with Gasteiger partial charge in [-0.1, -0.05) is 60.7 Å². The van der Waals surface area contributed by atoms with E-state index >= 15 is 0 Å². The zero-order valence-electron chi connectivity index (χ0n) is 14.0. The lowest BCUT2D eigenvalue weighted by molar-refractivity contribution is 0.305. The fourth-order valence-electron chi connectivity index (χ4n) is 3.92. The normalized spacial score (nSPS) is 24.1. The average Bonchev–Trinajstić information content (AvgIpc) is 3.04. The van der Waals surface area contributed by atoms with E-state index in [0.717, 1.165) is 25.0 Å². The number of fused-ring (bicyclic) bond motifs is 1. The molecule has 0 spiro atoms. The standard InChI is InChI=1S/C21H21N3S/c22-21(25)24-20(16-10-5-2-6-11-16)18-13-7-12-17(19(18)23-24)14-15-8-3-1-4-9-15/h1-6,8-11,14,18,20H,7,12-13H2,(H2,22,25)/b17-14+/t18-,20+/m1/s1. The molecule has 0 unspecified atom stereocenters. The predicted octanol–water partition coefficient (Wildman–Crippen LogP) is 4.53. The maximum atomic E-state index is 6.01. The van der Waals surface area contributed by atoms with E-state index in [4.69, 9.17) is 23.1 Å². The molecule has 2 aromatic rings. The van der Waals surface area contributed by atoms with E-state index in [1.165, 1.54) is 16.7 Å². The summed E-state index contributed by atoms with van der Waals surface area (Å²) in [6.07, 6.45) is 5.59. The molecule has 0 aromatic heterocycles. The third-order valence-corrected chi connectivity index (χ3v) is 5.20. The van der Waals surface area contributed by atoms with Crippen molar-refractivity contribution in [1.82, 2.24) is 5.01 Å². The van der Waals surface area contributed by atoms with Crippen molar-refractivity contribution in [2.45, 2.75) is 25.3 Å². The maximum Gasteiger partial charge on any atom is 0.187 e. The van der Waals surface area contributed by atoms with Crippen molar-refractivity contribution in [3.05, 3.63) is 77.4 Å². The number of rotatable bonds is 2.